The molecule has 2 fully saturated rings. The fourth-order valence-electron chi connectivity index (χ4n) is 4.47. The molecule has 2 saturated heterocycles. The second-order valence-corrected chi connectivity index (χ2v) is 8.47. The summed E-state index contributed by atoms with van der Waals surface area (Å²) in [6.07, 6.45) is -1.69. The first-order chi connectivity index (χ1) is 17.2. The Kier molecular flexibility index (Phi) is 7.11. The molecular weight excluding hydrogens is 456 g/mol. The van der Waals surface area contributed by atoms with Crippen molar-refractivity contribution in [3.63, 3.8) is 0 Å². The highest BCUT2D eigenvalue weighted by Crippen LogP contribution is 2.31. The molecule has 12 heteroatoms. The van der Waals surface area contributed by atoms with E-state index in [9.17, 15) is 8.78 Å². The van der Waals surface area contributed by atoms with E-state index in [1.807, 2.05) is 4.90 Å². The lowest BCUT2D eigenvalue weighted by atomic mass is 10.2. The fraction of sp³-hybridized carbons (Fsp3) is 0.478. The van der Waals surface area contributed by atoms with Crippen molar-refractivity contribution in [3.8, 4) is 5.82 Å². The third kappa shape index (κ3) is 4.95. The lowest BCUT2D eigenvalue weighted by molar-refractivity contribution is 0.122. The van der Waals surface area contributed by atoms with Crippen LogP contribution in [0.25, 0.3) is 16.9 Å². The SMILES string of the molecule is N=Cc1c(NCCN2CCNCC2)nc(N2CCOCC2)nc1-n1c(C(F)F)nc2ccccc21. The number of piperazine rings is 1. The van der Waals surface area contributed by atoms with Crippen LogP contribution in [0.2, 0.25) is 0 Å². The summed E-state index contributed by atoms with van der Waals surface area (Å²) in [5.74, 6) is 0.661. The highest BCUT2D eigenvalue weighted by molar-refractivity contribution is 5.91. The van der Waals surface area contributed by atoms with Crippen LogP contribution >= 0.6 is 0 Å². The van der Waals surface area contributed by atoms with Gasteiger partial charge in [0.05, 0.1) is 29.8 Å². The smallest absolute Gasteiger partial charge is 0.296 e. The summed E-state index contributed by atoms with van der Waals surface area (Å²) in [6.45, 7) is 7.50. The predicted molar refractivity (Wildman–Crippen MR) is 130 cm³/mol. The molecule has 0 amide bonds. The van der Waals surface area contributed by atoms with E-state index in [4.69, 9.17) is 20.1 Å². The number of rotatable bonds is 8. The van der Waals surface area contributed by atoms with Crippen molar-refractivity contribution in [1.82, 2.24) is 29.7 Å². The van der Waals surface area contributed by atoms with Crippen molar-refractivity contribution in [2.45, 2.75) is 6.43 Å². The number of ether oxygens (including phenoxy) is 1. The van der Waals surface area contributed by atoms with Gasteiger partial charge in [-0.3, -0.25) is 9.47 Å². The first-order valence-corrected chi connectivity index (χ1v) is 11.8. The van der Waals surface area contributed by atoms with Gasteiger partial charge in [0.15, 0.2) is 11.6 Å². The number of para-hydroxylation sites is 2. The van der Waals surface area contributed by atoms with Crippen LogP contribution in [-0.2, 0) is 4.74 Å². The van der Waals surface area contributed by atoms with Gasteiger partial charge in [0.25, 0.3) is 6.43 Å². The fourth-order valence-corrected chi connectivity index (χ4v) is 4.47. The van der Waals surface area contributed by atoms with E-state index in [1.54, 1.807) is 24.3 Å². The zero-order valence-electron chi connectivity index (χ0n) is 19.4. The highest BCUT2D eigenvalue weighted by atomic mass is 19.3. The van der Waals surface area contributed by atoms with Crippen molar-refractivity contribution in [1.29, 1.82) is 5.41 Å². The lowest BCUT2D eigenvalue weighted by Crippen LogP contribution is -2.45. The van der Waals surface area contributed by atoms with Gasteiger partial charge >= 0.3 is 0 Å². The molecule has 0 aliphatic carbocycles. The number of halogens is 2. The lowest BCUT2D eigenvalue weighted by Gasteiger charge is -2.29. The molecule has 2 aliphatic rings. The molecule has 1 aromatic carbocycles. The number of morpholine rings is 1. The van der Waals surface area contributed by atoms with E-state index in [0.29, 0.717) is 61.2 Å². The van der Waals surface area contributed by atoms with Crippen LogP contribution in [0.4, 0.5) is 20.5 Å². The Labute approximate surface area is 201 Å². The Balaban J connectivity index is 1.58. The van der Waals surface area contributed by atoms with E-state index in [1.165, 1.54) is 4.57 Å². The molecule has 10 nitrogen and oxygen atoms in total. The average molecular weight is 486 g/mol. The van der Waals surface area contributed by atoms with Crippen molar-refractivity contribution in [2.24, 2.45) is 0 Å². The molecule has 2 aromatic heterocycles. The Hall–Kier alpha value is -3.22. The normalized spacial score (nSPS) is 17.3. The van der Waals surface area contributed by atoms with E-state index in [-0.39, 0.29) is 5.82 Å². The quantitative estimate of drug-likeness (QED) is 0.416. The van der Waals surface area contributed by atoms with Crippen molar-refractivity contribution in [2.75, 3.05) is 75.8 Å². The Bertz CT molecular complexity index is 1170. The molecule has 2 aliphatic heterocycles. The number of nitrogens with one attached hydrogen (secondary N) is 3. The minimum Gasteiger partial charge on any atom is -0.378 e. The van der Waals surface area contributed by atoms with Gasteiger partial charge in [-0.2, -0.15) is 9.97 Å². The molecule has 0 saturated carbocycles. The van der Waals surface area contributed by atoms with Crippen LogP contribution in [0.3, 0.4) is 0 Å². The van der Waals surface area contributed by atoms with Gasteiger partial charge in [0.1, 0.15) is 5.82 Å². The van der Waals surface area contributed by atoms with Crippen LogP contribution in [0, 0.1) is 5.41 Å². The monoisotopic (exact) mass is 485 g/mol. The third-order valence-electron chi connectivity index (χ3n) is 6.28. The maximum absolute atomic E-state index is 14.1. The highest BCUT2D eigenvalue weighted by Gasteiger charge is 2.26. The largest absolute Gasteiger partial charge is 0.378 e. The molecule has 4 heterocycles. The first-order valence-electron chi connectivity index (χ1n) is 11.8. The van der Waals surface area contributed by atoms with E-state index >= 15 is 0 Å². The topological polar surface area (TPSA) is 107 Å². The summed E-state index contributed by atoms with van der Waals surface area (Å²) in [4.78, 5) is 17.9. The van der Waals surface area contributed by atoms with Gasteiger partial charge in [-0.25, -0.2) is 13.8 Å². The summed E-state index contributed by atoms with van der Waals surface area (Å²) in [5, 5.41) is 14.8. The van der Waals surface area contributed by atoms with Crippen LogP contribution in [0.1, 0.15) is 17.8 Å². The van der Waals surface area contributed by atoms with Gasteiger partial charge in [-0.15, -0.1) is 0 Å². The maximum Gasteiger partial charge on any atom is 0.296 e. The van der Waals surface area contributed by atoms with Crippen molar-refractivity contribution < 1.29 is 13.5 Å². The zero-order chi connectivity index (χ0) is 24.2. The third-order valence-corrected chi connectivity index (χ3v) is 6.28. The number of nitrogens with zero attached hydrogens (tertiary/aromatic N) is 6. The van der Waals surface area contributed by atoms with Gasteiger partial charge in [0.2, 0.25) is 5.95 Å². The number of hydrogen-bond acceptors (Lipinski definition) is 9. The number of benzene rings is 1. The van der Waals surface area contributed by atoms with Crippen LogP contribution in [0.15, 0.2) is 24.3 Å². The molecule has 0 bridgehead atoms. The summed E-state index contributed by atoms with van der Waals surface area (Å²) in [6, 6.07) is 6.96. The summed E-state index contributed by atoms with van der Waals surface area (Å²) < 4.78 is 35.0. The van der Waals surface area contributed by atoms with Crippen LogP contribution in [-0.4, -0.2) is 96.2 Å². The number of alkyl halides is 2. The Morgan fingerprint density at radius 1 is 1.09 bits per heavy atom. The minimum atomic E-state index is -2.81. The minimum absolute atomic E-state index is 0.213. The maximum atomic E-state index is 14.1. The molecule has 0 atom stereocenters. The average Bonchev–Trinajstić information content (AvgIpc) is 3.29. The molecule has 0 radical (unpaired) electrons. The molecule has 3 N–H and O–H groups in total. The molecule has 35 heavy (non-hydrogen) atoms. The van der Waals surface area contributed by atoms with Gasteiger partial charge in [0, 0.05) is 58.6 Å². The molecule has 0 unspecified atom stereocenters. The van der Waals surface area contributed by atoms with Gasteiger partial charge in [-0.05, 0) is 12.1 Å². The number of fused-ring (bicyclic) bond motifs is 1. The number of anilines is 2. The Morgan fingerprint density at radius 2 is 1.86 bits per heavy atom. The molecule has 186 valence electrons. The predicted octanol–water partition coefficient (Wildman–Crippen LogP) is 1.90. The summed E-state index contributed by atoms with van der Waals surface area (Å²) in [5.41, 5.74) is 1.29. The number of hydrogen-bond donors (Lipinski definition) is 3. The van der Waals surface area contributed by atoms with Crippen molar-refractivity contribution >= 4 is 29.0 Å². The zero-order valence-corrected chi connectivity index (χ0v) is 19.4. The second-order valence-electron chi connectivity index (χ2n) is 8.47. The molecular formula is C23H29F2N9O. The van der Waals surface area contributed by atoms with E-state index in [0.717, 1.165) is 38.9 Å². The molecule has 0 spiro atoms. The van der Waals surface area contributed by atoms with E-state index < -0.39 is 12.2 Å². The Morgan fingerprint density at radius 3 is 2.60 bits per heavy atom. The van der Waals surface area contributed by atoms with Crippen LogP contribution < -0.4 is 15.5 Å². The van der Waals surface area contributed by atoms with Crippen LogP contribution in [0.5, 0.6) is 0 Å². The standard InChI is InChI=1S/C23H29F2N9O/c24-19(25)22-29-17-3-1-2-4-18(17)34(22)21-16(15-26)20(28-7-10-32-8-5-27-6-9-32)30-23(31-21)33-11-13-35-14-12-33/h1-4,15,19,26-27H,5-14H2,(H,28,30,31). The summed E-state index contributed by atoms with van der Waals surface area (Å²) in [7, 11) is 0. The molecule has 5 rings (SSSR count). The van der Waals surface area contributed by atoms with Crippen molar-refractivity contribution in [3.05, 3.63) is 35.7 Å². The second kappa shape index (κ2) is 10.6. The van der Waals surface area contributed by atoms with Gasteiger partial charge in [-0.1, -0.05) is 12.1 Å². The number of aromatic nitrogens is 4. The first kappa shape index (κ1) is 23.5. The number of imidazole rings is 1. The van der Waals surface area contributed by atoms with Gasteiger partial charge < -0.3 is 25.7 Å². The van der Waals surface area contributed by atoms with E-state index in [2.05, 4.69) is 20.5 Å². The molecule has 3 aromatic rings. The summed E-state index contributed by atoms with van der Waals surface area (Å²) >= 11 is 0.